The summed E-state index contributed by atoms with van der Waals surface area (Å²) in [7, 11) is 0. The van der Waals surface area contributed by atoms with Crippen molar-refractivity contribution in [3.05, 3.63) is 41.7 Å². The number of benzene rings is 1. The van der Waals surface area contributed by atoms with Crippen LogP contribution in [0.15, 0.2) is 35.5 Å². The molecule has 6 nitrogen and oxygen atoms in total. The molecule has 1 fully saturated rings. The van der Waals surface area contributed by atoms with Gasteiger partial charge in [-0.15, -0.1) is 5.10 Å². The minimum absolute atomic E-state index is 0.164. The Kier molecular flexibility index (Phi) is 6.46. The molecular weight excluding hydrogens is 346 g/mol. The van der Waals surface area contributed by atoms with E-state index in [1.165, 1.54) is 11.8 Å². The Morgan fingerprint density at radius 1 is 1.23 bits per heavy atom. The molecule has 1 aliphatic heterocycles. The summed E-state index contributed by atoms with van der Waals surface area (Å²) in [6, 6.07) is 10.0. The first kappa shape index (κ1) is 18.7. The second kappa shape index (κ2) is 9.00. The van der Waals surface area contributed by atoms with Crippen LogP contribution in [0.2, 0.25) is 0 Å². The molecule has 0 aliphatic carbocycles. The maximum Gasteiger partial charge on any atom is 0.235 e. The van der Waals surface area contributed by atoms with Gasteiger partial charge in [0.1, 0.15) is 5.82 Å². The molecule has 138 valence electrons. The molecule has 1 amide bonds. The zero-order valence-electron chi connectivity index (χ0n) is 15.3. The molecule has 2 heterocycles. The van der Waals surface area contributed by atoms with E-state index in [9.17, 15) is 4.79 Å². The molecule has 7 heteroatoms. The number of piperazine rings is 1. The summed E-state index contributed by atoms with van der Waals surface area (Å²) in [5, 5.41) is 7.54. The van der Waals surface area contributed by atoms with Gasteiger partial charge >= 0.3 is 0 Å². The molecule has 26 heavy (non-hydrogen) atoms. The average molecular weight is 372 g/mol. The van der Waals surface area contributed by atoms with Crippen molar-refractivity contribution in [2.24, 2.45) is 0 Å². The number of nitrogens with zero attached hydrogens (tertiary/aromatic N) is 4. The van der Waals surface area contributed by atoms with E-state index in [1.807, 2.05) is 54.3 Å². The van der Waals surface area contributed by atoms with Gasteiger partial charge in [0.2, 0.25) is 11.1 Å². The smallest absolute Gasteiger partial charge is 0.235 e. The van der Waals surface area contributed by atoms with Crippen LogP contribution >= 0.6 is 11.8 Å². The lowest BCUT2D eigenvalue weighted by Gasteiger charge is -2.35. The van der Waals surface area contributed by atoms with Gasteiger partial charge < -0.3 is 9.80 Å². The molecule has 3 rings (SSSR count). The van der Waals surface area contributed by atoms with Gasteiger partial charge in [-0.3, -0.25) is 9.89 Å². The van der Waals surface area contributed by atoms with Crippen molar-refractivity contribution in [1.82, 2.24) is 25.0 Å². The highest BCUT2D eigenvalue weighted by molar-refractivity contribution is 8.00. The van der Waals surface area contributed by atoms with Crippen molar-refractivity contribution in [2.45, 2.75) is 24.3 Å². The Labute approximate surface area is 158 Å². The minimum Gasteiger partial charge on any atom is -0.339 e. The van der Waals surface area contributed by atoms with E-state index < -0.39 is 0 Å². The van der Waals surface area contributed by atoms with E-state index in [2.05, 4.69) is 27.0 Å². The molecule has 1 aromatic carbocycles. The number of thioether (sulfide) groups is 1. The molecular formula is C19H25N5OS. The fourth-order valence-electron chi connectivity index (χ4n) is 2.87. The number of aromatic nitrogens is 3. The normalized spacial score (nSPS) is 16.9. The molecule has 1 unspecified atom stereocenters. The van der Waals surface area contributed by atoms with Crippen molar-refractivity contribution < 1.29 is 4.79 Å². The second-order valence-corrected chi connectivity index (χ2v) is 7.57. The Morgan fingerprint density at radius 3 is 2.65 bits per heavy atom. The van der Waals surface area contributed by atoms with Gasteiger partial charge in [-0.2, -0.15) is 0 Å². The van der Waals surface area contributed by atoms with Gasteiger partial charge in [0.05, 0.1) is 5.25 Å². The lowest BCUT2D eigenvalue weighted by Crippen LogP contribution is -2.50. The zero-order valence-corrected chi connectivity index (χ0v) is 16.1. The maximum atomic E-state index is 12.6. The second-order valence-electron chi connectivity index (χ2n) is 6.27. The molecule has 0 radical (unpaired) electrons. The molecule has 0 spiro atoms. The summed E-state index contributed by atoms with van der Waals surface area (Å²) in [6.45, 7) is 8.64. The Bertz CT molecular complexity index is 737. The monoisotopic (exact) mass is 371 g/mol. The molecule has 1 aliphatic rings. The SMILES string of the molecule is CCN1CCN(C(=O)C(C)Sc2n[nH]c(/C=C/c3ccccc3)n2)CC1. The van der Waals surface area contributed by atoms with E-state index in [-0.39, 0.29) is 11.2 Å². The first-order chi connectivity index (χ1) is 12.7. The summed E-state index contributed by atoms with van der Waals surface area (Å²) < 4.78 is 0. The predicted molar refractivity (Wildman–Crippen MR) is 106 cm³/mol. The average Bonchev–Trinajstić information content (AvgIpc) is 3.14. The Hall–Kier alpha value is -2.12. The largest absolute Gasteiger partial charge is 0.339 e. The Balaban J connectivity index is 1.53. The number of H-pyrrole nitrogens is 1. The molecule has 1 saturated heterocycles. The van der Waals surface area contributed by atoms with Crippen LogP contribution in [0.4, 0.5) is 0 Å². The molecule has 1 N–H and O–H groups in total. The zero-order chi connectivity index (χ0) is 18.4. The quantitative estimate of drug-likeness (QED) is 0.791. The van der Waals surface area contributed by atoms with Crippen molar-refractivity contribution in [3.8, 4) is 0 Å². The third kappa shape index (κ3) is 4.95. The topological polar surface area (TPSA) is 65.1 Å². The van der Waals surface area contributed by atoms with Crippen LogP contribution in [0.1, 0.15) is 25.2 Å². The predicted octanol–water partition coefficient (Wildman–Crippen LogP) is 2.62. The molecule has 0 saturated carbocycles. The highest BCUT2D eigenvalue weighted by Gasteiger charge is 2.25. The minimum atomic E-state index is -0.190. The fourth-order valence-corrected chi connectivity index (χ4v) is 3.69. The van der Waals surface area contributed by atoms with Gasteiger partial charge in [-0.1, -0.05) is 55.1 Å². The number of carbonyl (C=O) groups excluding carboxylic acids is 1. The van der Waals surface area contributed by atoms with Crippen LogP contribution in [-0.4, -0.2) is 68.9 Å². The van der Waals surface area contributed by atoms with Gasteiger partial charge in [-0.05, 0) is 25.1 Å². The molecule has 0 bridgehead atoms. The van der Waals surface area contributed by atoms with Crippen LogP contribution in [0.5, 0.6) is 0 Å². The number of carbonyl (C=O) groups is 1. The van der Waals surface area contributed by atoms with Crippen molar-refractivity contribution in [2.75, 3.05) is 32.7 Å². The number of hydrogen-bond donors (Lipinski definition) is 1. The lowest BCUT2D eigenvalue weighted by atomic mass is 10.2. The number of hydrogen-bond acceptors (Lipinski definition) is 5. The standard InChI is InChI=1S/C19H25N5OS/c1-3-23-11-13-24(14-12-23)18(25)15(2)26-19-20-17(21-22-19)10-9-16-7-5-4-6-8-16/h4-10,15H,3,11-14H2,1-2H3,(H,20,21,22)/b10-9+. The van der Waals surface area contributed by atoms with E-state index in [0.29, 0.717) is 11.0 Å². The summed E-state index contributed by atoms with van der Waals surface area (Å²) in [5.41, 5.74) is 1.10. The fraction of sp³-hybridized carbons (Fsp3) is 0.421. The van der Waals surface area contributed by atoms with Gasteiger partial charge in [0.15, 0.2) is 0 Å². The van der Waals surface area contributed by atoms with Crippen molar-refractivity contribution in [1.29, 1.82) is 0 Å². The Morgan fingerprint density at radius 2 is 1.96 bits per heavy atom. The first-order valence-electron chi connectivity index (χ1n) is 8.99. The van der Waals surface area contributed by atoms with E-state index >= 15 is 0 Å². The first-order valence-corrected chi connectivity index (χ1v) is 9.87. The van der Waals surface area contributed by atoms with E-state index in [0.717, 1.165) is 38.3 Å². The number of aromatic amines is 1. The van der Waals surface area contributed by atoms with Crippen molar-refractivity contribution in [3.63, 3.8) is 0 Å². The third-order valence-electron chi connectivity index (χ3n) is 4.48. The van der Waals surface area contributed by atoms with Crippen LogP contribution in [0, 0.1) is 0 Å². The van der Waals surface area contributed by atoms with Gasteiger partial charge in [-0.25, -0.2) is 4.98 Å². The van der Waals surface area contributed by atoms with Crippen molar-refractivity contribution >= 4 is 29.8 Å². The van der Waals surface area contributed by atoms with Gasteiger partial charge in [0.25, 0.3) is 0 Å². The highest BCUT2D eigenvalue weighted by Crippen LogP contribution is 2.22. The van der Waals surface area contributed by atoms with Crippen LogP contribution in [0.3, 0.4) is 0 Å². The lowest BCUT2D eigenvalue weighted by molar-refractivity contribution is -0.132. The van der Waals surface area contributed by atoms with Gasteiger partial charge in [0, 0.05) is 26.2 Å². The summed E-state index contributed by atoms with van der Waals surface area (Å²) >= 11 is 1.40. The van der Waals surface area contributed by atoms with E-state index in [1.54, 1.807) is 0 Å². The molecule has 1 aromatic heterocycles. The summed E-state index contributed by atoms with van der Waals surface area (Å²) in [6.07, 6.45) is 3.87. The maximum absolute atomic E-state index is 12.6. The van der Waals surface area contributed by atoms with Crippen LogP contribution < -0.4 is 0 Å². The highest BCUT2D eigenvalue weighted by atomic mass is 32.2. The number of amides is 1. The number of rotatable bonds is 6. The summed E-state index contributed by atoms with van der Waals surface area (Å²) in [5.74, 6) is 0.851. The molecule has 1 atom stereocenters. The van der Waals surface area contributed by atoms with E-state index in [4.69, 9.17) is 0 Å². The molecule has 2 aromatic rings. The van der Waals surface area contributed by atoms with Crippen LogP contribution in [-0.2, 0) is 4.79 Å². The number of nitrogens with one attached hydrogen (secondary N) is 1. The van der Waals surface area contributed by atoms with Crippen LogP contribution in [0.25, 0.3) is 12.2 Å². The third-order valence-corrected chi connectivity index (χ3v) is 5.43. The number of likely N-dealkylation sites (N-methyl/N-ethyl adjacent to an activating group) is 1. The summed E-state index contributed by atoms with van der Waals surface area (Å²) in [4.78, 5) is 21.4.